The van der Waals surface area contributed by atoms with Gasteiger partial charge in [-0.1, -0.05) is 0 Å². The number of rotatable bonds is 4. The van der Waals surface area contributed by atoms with Crippen LogP contribution in [-0.2, 0) is 17.9 Å². The molecule has 22 heavy (non-hydrogen) atoms. The number of pyridine rings is 1. The molecule has 2 aromatic rings. The monoisotopic (exact) mass is 298 g/mol. The molecule has 0 atom stereocenters. The second kappa shape index (κ2) is 5.49. The van der Waals surface area contributed by atoms with Gasteiger partial charge in [0.25, 0.3) is 0 Å². The van der Waals surface area contributed by atoms with Gasteiger partial charge in [0.1, 0.15) is 11.6 Å². The van der Waals surface area contributed by atoms with Crippen molar-refractivity contribution in [3.05, 3.63) is 36.2 Å². The van der Waals surface area contributed by atoms with Crippen molar-refractivity contribution in [3.63, 3.8) is 0 Å². The first-order valence-corrected chi connectivity index (χ1v) is 7.64. The zero-order valence-corrected chi connectivity index (χ0v) is 12.3. The molecule has 2 aromatic heterocycles. The molecule has 0 saturated heterocycles. The second-order valence-electron chi connectivity index (χ2n) is 5.90. The summed E-state index contributed by atoms with van der Waals surface area (Å²) in [6.07, 6.45) is 5.79. The van der Waals surface area contributed by atoms with Crippen molar-refractivity contribution in [2.24, 2.45) is 0 Å². The molecular weight excluding hydrogens is 280 g/mol. The first-order chi connectivity index (χ1) is 10.8. The van der Waals surface area contributed by atoms with E-state index in [4.69, 9.17) is 0 Å². The number of hydrogen-bond acceptors (Lipinski definition) is 5. The molecule has 0 radical (unpaired) electrons. The smallest absolute Gasteiger partial charge is 0.238 e. The lowest BCUT2D eigenvalue weighted by atomic mass is 10.3. The molecule has 0 bridgehead atoms. The van der Waals surface area contributed by atoms with Gasteiger partial charge in [-0.15, -0.1) is 10.2 Å². The third-order valence-electron chi connectivity index (χ3n) is 4.12. The Hall–Kier alpha value is -2.28. The van der Waals surface area contributed by atoms with Crippen LogP contribution in [0.5, 0.6) is 0 Å². The van der Waals surface area contributed by atoms with Crippen LogP contribution in [0.4, 0.5) is 5.69 Å². The Balaban J connectivity index is 1.37. The molecule has 0 spiro atoms. The van der Waals surface area contributed by atoms with E-state index in [9.17, 15) is 4.79 Å². The maximum atomic E-state index is 12.1. The zero-order valence-electron chi connectivity index (χ0n) is 12.3. The number of aromatic nitrogens is 4. The molecule has 1 N–H and O–H groups in total. The SMILES string of the molecule is O=C(CN1CCn2c(nnc2C2CC2)C1)Nc1cccnc1. The summed E-state index contributed by atoms with van der Waals surface area (Å²) in [5.74, 6) is 2.70. The van der Waals surface area contributed by atoms with E-state index in [0.29, 0.717) is 19.0 Å². The minimum absolute atomic E-state index is 0.0246. The zero-order chi connectivity index (χ0) is 14.9. The Morgan fingerprint density at radius 2 is 2.23 bits per heavy atom. The average Bonchev–Trinajstić information content (AvgIpc) is 3.28. The van der Waals surface area contributed by atoms with Crippen molar-refractivity contribution in [1.29, 1.82) is 0 Å². The van der Waals surface area contributed by atoms with E-state index in [2.05, 4.69) is 30.0 Å². The summed E-state index contributed by atoms with van der Waals surface area (Å²) >= 11 is 0. The van der Waals surface area contributed by atoms with E-state index in [0.717, 1.165) is 30.4 Å². The predicted octanol–water partition coefficient (Wildman–Crippen LogP) is 1.00. The molecule has 1 fully saturated rings. The van der Waals surface area contributed by atoms with Crippen LogP contribution in [-0.4, -0.2) is 43.6 Å². The van der Waals surface area contributed by atoms with E-state index in [-0.39, 0.29) is 5.91 Å². The van der Waals surface area contributed by atoms with Gasteiger partial charge < -0.3 is 9.88 Å². The molecule has 7 nitrogen and oxygen atoms in total. The minimum atomic E-state index is -0.0246. The molecule has 1 saturated carbocycles. The summed E-state index contributed by atoms with van der Waals surface area (Å²) in [5, 5.41) is 11.5. The van der Waals surface area contributed by atoms with Crippen LogP contribution in [0.15, 0.2) is 24.5 Å². The van der Waals surface area contributed by atoms with Crippen molar-refractivity contribution in [2.75, 3.05) is 18.4 Å². The Morgan fingerprint density at radius 3 is 3.00 bits per heavy atom. The van der Waals surface area contributed by atoms with Crippen LogP contribution < -0.4 is 5.32 Å². The summed E-state index contributed by atoms with van der Waals surface area (Å²) < 4.78 is 2.23. The Kier molecular flexibility index (Phi) is 3.34. The Bertz CT molecular complexity index is 679. The average molecular weight is 298 g/mol. The maximum absolute atomic E-state index is 12.1. The highest BCUT2D eigenvalue weighted by molar-refractivity contribution is 5.92. The summed E-state index contributed by atoms with van der Waals surface area (Å²) in [7, 11) is 0. The van der Waals surface area contributed by atoms with Gasteiger partial charge in [-0.25, -0.2) is 0 Å². The van der Waals surface area contributed by atoms with Crippen molar-refractivity contribution in [2.45, 2.75) is 31.8 Å². The van der Waals surface area contributed by atoms with Gasteiger partial charge >= 0.3 is 0 Å². The molecule has 4 rings (SSSR count). The van der Waals surface area contributed by atoms with Gasteiger partial charge in [-0.2, -0.15) is 0 Å². The first kappa shape index (κ1) is 13.4. The van der Waals surface area contributed by atoms with E-state index in [1.165, 1.54) is 12.8 Å². The summed E-state index contributed by atoms with van der Waals surface area (Å²) in [6.45, 7) is 2.76. The van der Waals surface area contributed by atoms with Crippen molar-refractivity contribution >= 4 is 11.6 Å². The van der Waals surface area contributed by atoms with Crippen LogP contribution >= 0.6 is 0 Å². The number of nitrogens with zero attached hydrogens (tertiary/aromatic N) is 5. The molecule has 114 valence electrons. The van der Waals surface area contributed by atoms with Gasteiger partial charge in [0, 0.05) is 25.2 Å². The van der Waals surface area contributed by atoms with Crippen LogP contribution in [0.3, 0.4) is 0 Å². The topological polar surface area (TPSA) is 75.9 Å². The number of carbonyl (C=O) groups is 1. The number of nitrogens with one attached hydrogen (secondary N) is 1. The van der Waals surface area contributed by atoms with Crippen molar-refractivity contribution < 1.29 is 4.79 Å². The fraction of sp³-hybridized carbons (Fsp3) is 0.467. The van der Waals surface area contributed by atoms with Crippen LogP contribution in [0.25, 0.3) is 0 Å². The van der Waals surface area contributed by atoms with E-state index < -0.39 is 0 Å². The van der Waals surface area contributed by atoms with E-state index in [1.54, 1.807) is 18.5 Å². The number of fused-ring (bicyclic) bond motifs is 1. The molecule has 1 aliphatic heterocycles. The van der Waals surface area contributed by atoms with E-state index in [1.807, 2.05) is 6.07 Å². The van der Waals surface area contributed by atoms with Crippen LogP contribution in [0.1, 0.15) is 30.4 Å². The van der Waals surface area contributed by atoms with Crippen molar-refractivity contribution in [1.82, 2.24) is 24.6 Å². The standard InChI is InChI=1S/C15H18N6O/c22-14(17-12-2-1-5-16-8-12)10-20-6-7-21-13(9-20)18-19-15(21)11-3-4-11/h1-2,5,8,11H,3-4,6-7,9-10H2,(H,17,22). The van der Waals surface area contributed by atoms with Crippen molar-refractivity contribution in [3.8, 4) is 0 Å². The lowest BCUT2D eigenvalue weighted by molar-refractivity contribution is -0.117. The molecule has 1 amide bonds. The fourth-order valence-corrected chi connectivity index (χ4v) is 2.85. The molecule has 2 aliphatic rings. The maximum Gasteiger partial charge on any atom is 0.238 e. The van der Waals surface area contributed by atoms with Gasteiger partial charge in [-0.05, 0) is 25.0 Å². The highest BCUT2D eigenvalue weighted by Gasteiger charge is 2.32. The quantitative estimate of drug-likeness (QED) is 0.911. The number of hydrogen-bond donors (Lipinski definition) is 1. The molecule has 0 aromatic carbocycles. The van der Waals surface area contributed by atoms with Gasteiger partial charge in [0.2, 0.25) is 5.91 Å². The molecule has 7 heteroatoms. The minimum Gasteiger partial charge on any atom is -0.324 e. The summed E-state index contributed by atoms with van der Waals surface area (Å²) in [4.78, 5) is 18.2. The normalized spacial score (nSPS) is 18.0. The lowest BCUT2D eigenvalue weighted by Crippen LogP contribution is -2.39. The molecule has 3 heterocycles. The molecule has 1 aliphatic carbocycles. The summed E-state index contributed by atoms with van der Waals surface area (Å²) in [6, 6.07) is 3.64. The van der Waals surface area contributed by atoms with Crippen LogP contribution in [0, 0.1) is 0 Å². The third kappa shape index (κ3) is 2.71. The molecule has 0 unspecified atom stereocenters. The number of anilines is 1. The predicted molar refractivity (Wildman–Crippen MR) is 80.1 cm³/mol. The van der Waals surface area contributed by atoms with Gasteiger partial charge in [-0.3, -0.25) is 14.7 Å². The lowest BCUT2D eigenvalue weighted by Gasteiger charge is -2.27. The number of carbonyl (C=O) groups excluding carboxylic acids is 1. The summed E-state index contributed by atoms with van der Waals surface area (Å²) in [5.41, 5.74) is 0.726. The van der Waals surface area contributed by atoms with E-state index >= 15 is 0 Å². The Morgan fingerprint density at radius 1 is 1.32 bits per heavy atom. The second-order valence-corrected chi connectivity index (χ2v) is 5.90. The van der Waals surface area contributed by atoms with Gasteiger partial charge in [0.05, 0.1) is 25.0 Å². The first-order valence-electron chi connectivity index (χ1n) is 7.64. The highest BCUT2D eigenvalue weighted by Crippen LogP contribution is 2.39. The largest absolute Gasteiger partial charge is 0.324 e. The fourth-order valence-electron chi connectivity index (χ4n) is 2.85. The third-order valence-corrected chi connectivity index (χ3v) is 4.12. The Labute approximate surface area is 128 Å². The van der Waals surface area contributed by atoms with Crippen LogP contribution in [0.2, 0.25) is 0 Å². The van der Waals surface area contributed by atoms with Gasteiger partial charge in [0.15, 0.2) is 0 Å². The highest BCUT2D eigenvalue weighted by atomic mass is 16.2. The number of amides is 1. The molecular formula is C15H18N6O.